The molecule has 0 spiro atoms. The summed E-state index contributed by atoms with van der Waals surface area (Å²) in [5, 5.41) is 6.33. The molecule has 0 aliphatic carbocycles. The van der Waals surface area contributed by atoms with Crippen molar-refractivity contribution in [1.29, 1.82) is 0 Å². The van der Waals surface area contributed by atoms with Crippen molar-refractivity contribution in [3.63, 3.8) is 0 Å². The average molecular weight is 454 g/mol. The molecule has 0 aliphatic heterocycles. The third-order valence-corrected chi connectivity index (χ3v) is 3.60. The zero-order chi connectivity index (χ0) is 17.1. The summed E-state index contributed by atoms with van der Waals surface area (Å²) in [7, 11) is 3.79. The third kappa shape index (κ3) is 9.36. The lowest BCUT2D eigenvalue weighted by Gasteiger charge is -2.18. The molecular weight excluding hydrogens is 425 g/mol. The lowest BCUT2D eigenvalue weighted by atomic mass is 10.1. The minimum Gasteiger partial charge on any atom is -0.356 e. The van der Waals surface area contributed by atoms with E-state index in [1.807, 2.05) is 0 Å². The number of hydrogen-bond donors (Lipinski definition) is 2. The summed E-state index contributed by atoms with van der Waals surface area (Å²) in [6, 6.07) is 3.52. The Hall–Kier alpha value is -0.960. The maximum Gasteiger partial charge on any atom is 0.191 e. The van der Waals surface area contributed by atoms with Crippen LogP contribution >= 0.6 is 24.0 Å². The van der Waals surface area contributed by atoms with E-state index in [9.17, 15) is 8.78 Å². The fraction of sp³-hybridized carbons (Fsp3) is 0.588. The van der Waals surface area contributed by atoms with E-state index in [0.29, 0.717) is 24.5 Å². The normalized spacial score (nSPS) is 11.3. The minimum atomic E-state index is -0.418. The topological polar surface area (TPSA) is 39.7 Å². The van der Waals surface area contributed by atoms with E-state index < -0.39 is 5.82 Å². The second-order valence-electron chi connectivity index (χ2n) is 5.57. The van der Waals surface area contributed by atoms with Crippen LogP contribution in [0.2, 0.25) is 0 Å². The number of aliphatic imine (C=N–C) groups is 1. The Bertz CT molecular complexity index is 497. The molecule has 7 heteroatoms. The van der Waals surface area contributed by atoms with Crippen molar-refractivity contribution < 1.29 is 8.78 Å². The summed E-state index contributed by atoms with van der Waals surface area (Å²) in [4.78, 5) is 6.40. The Morgan fingerprint density at radius 3 is 2.54 bits per heavy atom. The predicted molar refractivity (Wildman–Crippen MR) is 107 cm³/mol. The van der Waals surface area contributed by atoms with Crippen molar-refractivity contribution in [1.82, 2.24) is 15.5 Å². The fourth-order valence-electron chi connectivity index (χ4n) is 2.18. The smallest absolute Gasteiger partial charge is 0.191 e. The van der Waals surface area contributed by atoms with Crippen LogP contribution in [-0.2, 0) is 6.42 Å². The van der Waals surface area contributed by atoms with Gasteiger partial charge in [-0.2, -0.15) is 0 Å². The number of unbranched alkanes of at least 4 members (excludes halogenated alkanes) is 1. The highest BCUT2D eigenvalue weighted by Crippen LogP contribution is 2.09. The van der Waals surface area contributed by atoms with Gasteiger partial charge in [-0.15, -0.1) is 24.0 Å². The summed E-state index contributed by atoms with van der Waals surface area (Å²) in [5.74, 6) is -0.126. The van der Waals surface area contributed by atoms with Gasteiger partial charge in [0.15, 0.2) is 5.96 Å². The van der Waals surface area contributed by atoms with E-state index >= 15 is 0 Å². The average Bonchev–Trinajstić information content (AvgIpc) is 2.54. The molecule has 0 aliphatic rings. The minimum absolute atomic E-state index is 0. The SMILES string of the molecule is CCCCN(C)CCNC(=NC)NCCc1cc(F)ccc1F.I. The van der Waals surface area contributed by atoms with E-state index in [4.69, 9.17) is 0 Å². The van der Waals surface area contributed by atoms with Crippen molar-refractivity contribution in [2.75, 3.05) is 40.3 Å². The van der Waals surface area contributed by atoms with Gasteiger partial charge < -0.3 is 15.5 Å². The Morgan fingerprint density at radius 2 is 1.88 bits per heavy atom. The summed E-state index contributed by atoms with van der Waals surface area (Å²) >= 11 is 0. The van der Waals surface area contributed by atoms with Crippen LogP contribution in [0.3, 0.4) is 0 Å². The Morgan fingerprint density at radius 1 is 1.17 bits per heavy atom. The van der Waals surface area contributed by atoms with E-state index in [-0.39, 0.29) is 29.8 Å². The van der Waals surface area contributed by atoms with Gasteiger partial charge in [0, 0.05) is 26.7 Å². The number of nitrogens with zero attached hydrogens (tertiary/aromatic N) is 2. The van der Waals surface area contributed by atoms with Crippen LogP contribution < -0.4 is 10.6 Å². The van der Waals surface area contributed by atoms with Gasteiger partial charge in [0.25, 0.3) is 0 Å². The zero-order valence-electron chi connectivity index (χ0n) is 14.7. The number of rotatable bonds is 9. The highest BCUT2D eigenvalue weighted by Gasteiger charge is 2.05. The molecular formula is C17H29F2IN4. The number of guanidine groups is 1. The maximum atomic E-state index is 13.5. The Labute approximate surface area is 161 Å². The van der Waals surface area contributed by atoms with Gasteiger partial charge in [0.2, 0.25) is 0 Å². The van der Waals surface area contributed by atoms with Gasteiger partial charge in [-0.25, -0.2) is 8.78 Å². The highest BCUT2D eigenvalue weighted by atomic mass is 127. The van der Waals surface area contributed by atoms with Crippen molar-refractivity contribution in [3.05, 3.63) is 35.4 Å². The van der Waals surface area contributed by atoms with Gasteiger partial charge >= 0.3 is 0 Å². The lowest BCUT2D eigenvalue weighted by molar-refractivity contribution is 0.332. The fourth-order valence-corrected chi connectivity index (χ4v) is 2.18. The first-order valence-electron chi connectivity index (χ1n) is 8.13. The van der Waals surface area contributed by atoms with Gasteiger partial charge in [0.05, 0.1) is 0 Å². The first-order chi connectivity index (χ1) is 11.1. The van der Waals surface area contributed by atoms with Crippen LogP contribution in [0.15, 0.2) is 23.2 Å². The molecule has 1 aromatic carbocycles. The van der Waals surface area contributed by atoms with Crippen LogP contribution in [-0.4, -0.2) is 51.1 Å². The molecule has 24 heavy (non-hydrogen) atoms. The predicted octanol–water partition coefficient (Wildman–Crippen LogP) is 3.02. The van der Waals surface area contributed by atoms with E-state index in [1.54, 1.807) is 7.05 Å². The summed E-state index contributed by atoms with van der Waals surface area (Å²) < 4.78 is 26.6. The standard InChI is InChI=1S/C17H28F2N4.HI/c1-4-5-11-23(3)12-10-22-17(20-2)21-9-8-14-13-15(18)6-7-16(14)19;/h6-7,13H,4-5,8-12H2,1-3H3,(H2,20,21,22);1H. The van der Waals surface area contributed by atoms with E-state index in [0.717, 1.165) is 31.8 Å². The molecule has 1 aromatic rings. The number of halogens is 3. The summed E-state index contributed by atoms with van der Waals surface area (Å²) in [6.07, 6.45) is 2.79. The molecule has 138 valence electrons. The lowest BCUT2D eigenvalue weighted by Crippen LogP contribution is -2.41. The molecule has 0 aromatic heterocycles. The van der Waals surface area contributed by atoms with Crippen molar-refractivity contribution in [3.8, 4) is 0 Å². The Kier molecular flexibility index (Phi) is 12.8. The van der Waals surface area contributed by atoms with Crippen LogP contribution in [0, 0.1) is 11.6 Å². The van der Waals surface area contributed by atoms with E-state index in [2.05, 4.69) is 34.5 Å². The molecule has 0 amide bonds. The molecule has 0 radical (unpaired) electrons. The molecule has 0 unspecified atom stereocenters. The second kappa shape index (κ2) is 13.3. The number of hydrogen-bond acceptors (Lipinski definition) is 2. The Balaban J connectivity index is 0.00000529. The first kappa shape index (κ1) is 23.0. The molecule has 1 rings (SSSR count). The monoisotopic (exact) mass is 454 g/mol. The van der Waals surface area contributed by atoms with Gasteiger partial charge in [0.1, 0.15) is 11.6 Å². The molecule has 0 saturated carbocycles. The molecule has 2 N–H and O–H groups in total. The van der Waals surface area contributed by atoms with Crippen molar-refractivity contribution in [2.24, 2.45) is 4.99 Å². The summed E-state index contributed by atoms with van der Waals surface area (Å²) in [6.45, 7) is 5.47. The summed E-state index contributed by atoms with van der Waals surface area (Å²) in [5.41, 5.74) is 0.368. The van der Waals surface area contributed by atoms with Crippen LogP contribution in [0.4, 0.5) is 8.78 Å². The number of benzene rings is 1. The van der Waals surface area contributed by atoms with Crippen LogP contribution in [0.5, 0.6) is 0 Å². The molecule has 0 atom stereocenters. The highest BCUT2D eigenvalue weighted by molar-refractivity contribution is 14.0. The molecule has 4 nitrogen and oxygen atoms in total. The zero-order valence-corrected chi connectivity index (χ0v) is 17.1. The van der Waals surface area contributed by atoms with Gasteiger partial charge in [-0.3, -0.25) is 4.99 Å². The third-order valence-electron chi connectivity index (χ3n) is 3.60. The van der Waals surface area contributed by atoms with Crippen LogP contribution in [0.1, 0.15) is 25.3 Å². The largest absolute Gasteiger partial charge is 0.356 e. The van der Waals surface area contributed by atoms with Crippen LogP contribution in [0.25, 0.3) is 0 Å². The quantitative estimate of drug-likeness (QED) is 0.343. The molecule has 0 bridgehead atoms. The van der Waals surface area contributed by atoms with Gasteiger partial charge in [-0.05, 0) is 50.2 Å². The second-order valence-corrected chi connectivity index (χ2v) is 5.57. The molecule has 0 heterocycles. The van der Waals surface area contributed by atoms with Gasteiger partial charge in [-0.1, -0.05) is 13.3 Å². The van der Waals surface area contributed by atoms with Crippen molar-refractivity contribution in [2.45, 2.75) is 26.2 Å². The van der Waals surface area contributed by atoms with E-state index in [1.165, 1.54) is 18.9 Å². The first-order valence-corrected chi connectivity index (χ1v) is 8.13. The maximum absolute atomic E-state index is 13.5. The molecule has 0 fully saturated rings. The number of nitrogens with one attached hydrogen (secondary N) is 2. The molecule has 0 saturated heterocycles. The number of likely N-dealkylation sites (N-methyl/N-ethyl adjacent to an activating group) is 1. The van der Waals surface area contributed by atoms with Crippen molar-refractivity contribution >= 4 is 29.9 Å².